The summed E-state index contributed by atoms with van der Waals surface area (Å²) in [6.07, 6.45) is 0.937. The van der Waals surface area contributed by atoms with Crippen LogP contribution in [-0.2, 0) is 4.79 Å². The molecule has 0 saturated carbocycles. The molecule has 0 aromatic heterocycles. The molecule has 1 fully saturated rings. The first-order chi connectivity index (χ1) is 9.63. The van der Waals surface area contributed by atoms with E-state index in [4.69, 9.17) is 5.11 Å². The summed E-state index contributed by atoms with van der Waals surface area (Å²) in [6, 6.07) is 5.97. The third kappa shape index (κ3) is 3.55. The molecule has 5 heteroatoms. The molecule has 1 amide bonds. The van der Waals surface area contributed by atoms with Crippen molar-refractivity contribution in [2.24, 2.45) is 5.92 Å². The molecule has 1 N–H and O–H groups in total. The summed E-state index contributed by atoms with van der Waals surface area (Å²) in [4.78, 5) is 16.1. The third-order valence-corrected chi connectivity index (χ3v) is 3.74. The predicted octanol–water partition coefficient (Wildman–Crippen LogP) is 1.49. The Hall–Kier alpha value is -1.46. The lowest BCUT2D eigenvalue weighted by atomic mass is 10.1. The van der Waals surface area contributed by atoms with Crippen molar-refractivity contribution >= 4 is 11.6 Å². The fourth-order valence-electron chi connectivity index (χ4n) is 2.61. The first-order valence-electron chi connectivity index (χ1n) is 7.03. The van der Waals surface area contributed by atoms with E-state index < -0.39 is 0 Å². The Kier molecular flexibility index (Phi) is 5.09. The van der Waals surface area contributed by atoms with Gasteiger partial charge in [-0.05, 0) is 50.1 Å². The summed E-state index contributed by atoms with van der Waals surface area (Å²) >= 11 is 0. The molecule has 4 nitrogen and oxygen atoms in total. The maximum atomic E-state index is 12.9. The summed E-state index contributed by atoms with van der Waals surface area (Å²) < 4.78 is 12.9. The number of likely N-dealkylation sites (N-methyl/N-ethyl adjacent to an activating group) is 1. The van der Waals surface area contributed by atoms with Crippen LogP contribution < -0.4 is 4.90 Å². The number of likely N-dealkylation sites (tertiary alicyclic amines) is 1. The first kappa shape index (κ1) is 14.9. The summed E-state index contributed by atoms with van der Waals surface area (Å²) in [6.45, 7) is 4.60. The second-order valence-corrected chi connectivity index (χ2v) is 5.19. The molecule has 1 aliphatic rings. The van der Waals surface area contributed by atoms with Crippen LogP contribution >= 0.6 is 0 Å². The van der Waals surface area contributed by atoms with Gasteiger partial charge in [0.15, 0.2) is 0 Å². The molecule has 1 heterocycles. The zero-order valence-electron chi connectivity index (χ0n) is 11.8. The molecule has 1 saturated heterocycles. The monoisotopic (exact) mass is 280 g/mol. The maximum absolute atomic E-state index is 12.9. The van der Waals surface area contributed by atoms with Crippen molar-refractivity contribution < 1.29 is 14.3 Å². The number of hydrogen-bond donors (Lipinski definition) is 1. The molecule has 1 unspecified atom stereocenters. The van der Waals surface area contributed by atoms with Gasteiger partial charge in [-0.3, -0.25) is 9.69 Å². The van der Waals surface area contributed by atoms with Crippen LogP contribution in [-0.4, -0.2) is 48.7 Å². The zero-order valence-corrected chi connectivity index (χ0v) is 11.8. The molecule has 1 aromatic carbocycles. The van der Waals surface area contributed by atoms with E-state index in [0.29, 0.717) is 13.1 Å². The van der Waals surface area contributed by atoms with E-state index in [1.54, 1.807) is 17.0 Å². The van der Waals surface area contributed by atoms with Crippen molar-refractivity contribution in [3.05, 3.63) is 30.1 Å². The van der Waals surface area contributed by atoms with Crippen LogP contribution in [0.1, 0.15) is 13.3 Å². The summed E-state index contributed by atoms with van der Waals surface area (Å²) in [5.74, 6) is -0.0102. The summed E-state index contributed by atoms with van der Waals surface area (Å²) in [5, 5.41) is 9.12. The Labute approximate surface area is 118 Å². The van der Waals surface area contributed by atoms with E-state index in [1.165, 1.54) is 12.1 Å². The number of aliphatic hydroxyl groups excluding tert-OH is 1. The van der Waals surface area contributed by atoms with Crippen LogP contribution in [0.3, 0.4) is 0 Å². The lowest BCUT2D eigenvalue weighted by Crippen LogP contribution is -2.39. The molecule has 110 valence electrons. The molecule has 1 aromatic rings. The normalized spacial score (nSPS) is 19.2. The average molecular weight is 280 g/mol. The van der Waals surface area contributed by atoms with Gasteiger partial charge >= 0.3 is 0 Å². The van der Waals surface area contributed by atoms with E-state index in [9.17, 15) is 9.18 Å². The average Bonchev–Trinajstić information content (AvgIpc) is 2.89. The molecule has 1 atom stereocenters. The predicted molar refractivity (Wildman–Crippen MR) is 76.1 cm³/mol. The summed E-state index contributed by atoms with van der Waals surface area (Å²) in [5.41, 5.74) is 0.719. The number of anilines is 1. The standard InChI is InChI=1S/C15H21FN2O2/c1-2-18(14-5-3-13(16)4-6-14)15(20)10-17-8-7-12(9-17)11-19/h3-6,12,19H,2,7-11H2,1H3. The molecular formula is C15H21FN2O2. The molecule has 0 aliphatic carbocycles. The number of aliphatic hydroxyl groups is 1. The minimum absolute atomic E-state index is 0.0118. The van der Waals surface area contributed by atoms with Crippen LogP contribution in [0.25, 0.3) is 0 Å². The number of amides is 1. The fraction of sp³-hybridized carbons (Fsp3) is 0.533. The van der Waals surface area contributed by atoms with Crippen LogP contribution in [0.5, 0.6) is 0 Å². The van der Waals surface area contributed by atoms with Crippen LogP contribution in [0.4, 0.5) is 10.1 Å². The second-order valence-electron chi connectivity index (χ2n) is 5.19. The van der Waals surface area contributed by atoms with Crippen molar-refractivity contribution in [1.82, 2.24) is 4.90 Å². The molecular weight excluding hydrogens is 259 g/mol. The van der Waals surface area contributed by atoms with Crippen molar-refractivity contribution in [3.8, 4) is 0 Å². The highest BCUT2D eigenvalue weighted by Gasteiger charge is 2.25. The van der Waals surface area contributed by atoms with Crippen molar-refractivity contribution in [1.29, 1.82) is 0 Å². The zero-order chi connectivity index (χ0) is 14.5. The Morgan fingerprint density at radius 2 is 2.15 bits per heavy atom. The van der Waals surface area contributed by atoms with Gasteiger partial charge in [0.2, 0.25) is 5.91 Å². The molecule has 0 spiro atoms. The number of benzene rings is 1. The van der Waals surface area contributed by atoms with Crippen molar-refractivity contribution in [2.75, 3.05) is 37.7 Å². The fourth-order valence-corrected chi connectivity index (χ4v) is 2.61. The van der Waals surface area contributed by atoms with Crippen molar-refractivity contribution in [3.63, 3.8) is 0 Å². The lowest BCUT2D eigenvalue weighted by molar-refractivity contribution is -0.119. The van der Waals surface area contributed by atoms with Gasteiger partial charge in [0.1, 0.15) is 5.82 Å². The highest BCUT2D eigenvalue weighted by Crippen LogP contribution is 2.18. The van der Waals surface area contributed by atoms with Gasteiger partial charge in [-0.1, -0.05) is 0 Å². The van der Waals surface area contributed by atoms with E-state index in [2.05, 4.69) is 4.90 Å². The minimum atomic E-state index is -0.303. The quantitative estimate of drug-likeness (QED) is 0.889. The molecule has 20 heavy (non-hydrogen) atoms. The third-order valence-electron chi connectivity index (χ3n) is 3.74. The van der Waals surface area contributed by atoms with Gasteiger partial charge in [-0.2, -0.15) is 0 Å². The Morgan fingerprint density at radius 1 is 1.45 bits per heavy atom. The van der Waals surface area contributed by atoms with Crippen LogP contribution in [0.15, 0.2) is 24.3 Å². The van der Waals surface area contributed by atoms with Gasteiger partial charge in [0.25, 0.3) is 0 Å². The Morgan fingerprint density at radius 3 is 2.70 bits per heavy atom. The number of hydrogen-bond acceptors (Lipinski definition) is 3. The number of carbonyl (C=O) groups excluding carboxylic acids is 1. The highest BCUT2D eigenvalue weighted by atomic mass is 19.1. The smallest absolute Gasteiger partial charge is 0.241 e. The van der Waals surface area contributed by atoms with Gasteiger partial charge in [-0.25, -0.2) is 4.39 Å². The van der Waals surface area contributed by atoms with E-state index in [0.717, 1.165) is 25.2 Å². The number of nitrogens with zero attached hydrogens (tertiary/aromatic N) is 2. The van der Waals surface area contributed by atoms with E-state index >= 15 is 0 Å². The second kappa shape index (κ2) is 6.81. The maximum Gasteiger partial charge on any atom is 0.241 e. The SMILES string of the molecule is CCN(C(=O)CN1CCC(CO)C1)c1ccc(F)cc1. The molecule has 2 rings (SSSR count). The van der Waals surface area contributed by atoms with Gasteiger partial charge in [0, 0.05) is 25.4 Å². The largest absolute Gasteiger partial charge is 0.396 e. The molecule has 0 bridgehead atoms. The van der Waals surface area contributed by atoms with E-state index in [-0.39, 0.29) is 24.2 Å². The Bertz CT molecular complexity index is 450. The number of carbonyl (C=O) groups is 1. The van der Waals surface area contributed by atoms with Crippen molar-refractivity contribution in [2.45, 2.75) is 13.3 Å². The Balaban J connectivity index is 1.97. The minimum Gasteiger partial charge on any atom is -0.396 e. The summed E-state index contributed by atoms with van der Waals surface area (Å²) in [7, 11) is 0. The lowest BCUT2D eigenvalue weighted by Gasteiger charge is -2.24. The molecule has 0 radical (unpaired) electrons. The van der Waals surface area contributed by atoms with Crippen LogP contribution in [0.2, 0.25) is 0 Å². The van der Waals surface area contributed by atoms with Gasteiger partial charge in [-0.15, -0.1) is 0 Å². The van der Waals surface area contributed by atoms with Gasteiger partial charge in [0.05, 0.1) is 6.54 Å². The highest BCUT2D eigenvalue weighted by molar-refractivity contribution is 5.94. The van der Waals surface area contributed by atoms with Crippen LogP contribution in [0, 0.1) is 11.7 Å². The first-order valence-corrected chi connectivity index (χ1v) is 7.03. The number of halogens is 1. The number of rotatable bonds is 5. The topological polar surface area (TPSA) is 43.8 Å². The van der Waals surface area contributed by atoms with E-state index in [1.807, 2.05) is 6.92 Å². The molecule has 1 aliphatic heterocycles. The van der Waals surface area contributed by atoms with Gasteiger partial charge < -0.3 is 10.0 Å².